The van der Waals surface area contributed by atoms with E-state index in [9.17, 15) is 4.79 Å². The molecule has 19 heavy (non-hydrogen) atoms. The monoisotopic (exact) mass is 323 g/mol. The molecule has 100 valence electrons. The topological polar surface area (TPSA) is 68.0 Å². The van der Waals surface area contributed by atoms with Crippen LogP contribution in [0.15, 0.2) is 35.1 Å². The van der Waals surface area contributed by atoms with Crippen LogP contribution in [0.1, 0.15) is 13.8 Å². The molecule has 0 bridgehead atoms. The van der Waals surface area contributed by atoms with E-state index in [2.05, 4.69) is 31.4 Å². The molecule has 0 saturated carbocycles. The highest BCUT2D eigenvalue weighted by Gasteiger charge is 2.18. The lowest BCUT2D eigenvalue weighted by molar-refractivity contribution is -0.116. The van der Waals surface area contributed by atoms with Crippen molar-refractivity contribution in [3.05, 3.63) is 30.7 Å². The van der Waals surface area contributed by atoms with Crippen molar-refractivity contribution in [2.24, 2.45) is 5.92 Å². The summed E-state index contributed by atoms with van der Waals surface area (Å²) in [6.45, 7) is 3.97. The van der Waals surface area contributed by atoms with Crippen molar-refractivity contribution in [3.8, 4) is 11.5 Å². The number of halogens is 1. The smallest absolute Gasteiger partial charge is 0.247 e. The van der Waals surface area contributed by atoms with Crippen LogP contribution in [0, 0.1) is 5.92 Å². The molecule has 0 radical (unpaired) electrons. The van der Waals surface area contributed by atoms with Gasteiger partial charge in [0.1, 0.15) is 0 Å². The van der Waals surface area contributed by atoms with E-state index in [1.807, 2.05) is 26.0 Å². The largest absolute Gasteiger partial charge is 0.423 e. The van der Waals surface area contributed by atoms with Gasteiger partial charge in [0.2, 0.25) is 18.2 Å². The molecule has 1 aromatic carbocycles. The molecule has 0 aliphatic carbocycles. The summed E-state index contributed by atoms with van der Waals surface area (Å²) >= 11 is 3.37. The minimum atomic E-state index is -0.205. The Morgan fingerprint density at radius 2 is 2.00 bits per heavy atom. The van der Waals surface area contributed by atoms with Crippen molar-refractivity contribution in [1.29, 1.82) is 0 Å². The Kier molecular flexibility index (Phi) is 4.31. The number of anilines is 1. The maximum absolute atomic E-state index is 11.9. The summed E-state index contributed by atoms with van der Waals surface area (Å²) < 4.78 is 5.09. The van der Waals surface area contributed by atoms with Crippen LogP contribution in [-0.4, -0.2) is 20.9 Å². The predicted octanol–water partition coefficient (Wildman–Crippen LogP) is 3.09. The fraction of sp³-hybridized carbons (Fsp3) is 0.308. The molecule has 5 nitrogen and oxygen atoms in total. The number of alkyl halides is 1. The fourth-order valence-electron chi connectivity index (χ4n) is 1.51. The molecule has 2 rings (SSSR count). The highest BCUT2D eigenvalue weighted by Crippen LogP contribution is 2.20. The molecule has 0 fully saturated rings. The van der Waals surface area contributed by atoms with E-state index >= 15 is 0 Å². The molecule has 1 heterocycles. The Morgan fingerprint density at radius 1 is 1.32 bits per heavy atom. The van der Waals surface area contributed by atoms with Gasteiger partial charge in [-0.25, -0.2) is 0 Å². The zero-order chi connectivity index (χ0) is 13.8. The van der Waals surface area contributed by atoms with E-state index in [0.717, 1.165) is 11.3 Å². The van der Waals surface area contributed by atoms with Gasteiger partial charge in [0.05, 0.1) is 4.83 Å². The van der Waals surface area contributed by atoms with Gasteiger partial charge >= 0.3 is 0 Å². The maximum atomic E-state index is 11.9. The summed E-state index contributed by atoms with van der Waals surface area (Å²) in [5.74, 6) is 0.636. The highest BCUT2D eigenvalue weighted by atomic mass is 79.9. The second-order valence-corrected chi connectivity index (χ2v) is 5.44. The van der Waals surface area contributed by atoms with Crippen LogP contribution >= 0.6 is 15.9 Å². The van der Waals surface area contributed by atoms with Gasteiger partial charge in [-0.2, -0.15) is 0 Å². The first kappa shape index (κ1) is 13.7. The molecule has 1 atom stereocenters. The second-order valence-electron chi connectivity index (χ2n) is 4.46. The molecule has 6 heteroatoms. The Labute approximate surface area is 119 Å². The molecular formula is C13H14BrN3O2. The lowest BCUT2D eigenvalue weighted by atomic mass is 10.1. The summed E-state index contributed by atoms with van der Waals surface area (Å²) in [6, 6.07) is 7.25. The van der Waals surface area contributed by atoms with Crippen LogP contribution in [0.3, 0.4) is 0 Å². The predicted molar refractivity (Wildman–Crippen MR) is 75.9 cm³/mol. The van der Waals surface area contributed by atoms with Gasteiger partial charge in [0, 0.05) is 11.3 Å². The lowest BCUT2D eigenvalue weighted by Gasteiger charge is -2.13. The quantitative estimate of drug-likeness (QED) is 0.878. The van der Waals surface area contributed by atoms with Crippen molar-refractivity contribution in [1.82, 2.24) is 10.2 Å². The van der Waals surface area contributed by atoms with Gasteiger partial charge in [-0.3, -0.25) is 4.79 Å². The van der Waals surface area contributed by atoms with Crippen LogP contribution in [0.4, 0.5) is 5.69 Å². The van der Waals surface area contributed by atoms with Gasteiger partial charge in [0.15, 0.2) is 0 Å². The minimum absolute atomic E-state index is 0.0551. The van der Waals surface area contributed by atoms with Crippen LogP contribution in [0.5, 0.6) is 0 Å². The Hall–Kier alpha value is -1.69. The van der Waals surface area contributed by atoms with Crippen molar-refractivity contribution in [3.63, 3.8) is 0 Å². The molecule has 0 saturated heterocycles. The van der Waals surface area contributed by atoms with Crippen molar-refractivity contribution < 1.29 is 9.21 Å². The number of rotatable bonds is 4. The number of carbonyl (C=O) groups excluding carboxylic acids is 1. The summed E-state index contributed by atoms with van der Waals surface area (Å²) in [6.07, 6.45) is 1.28. The van der Waals surface area contributed by atoms with Gasteiger partial charge in [-0.05, 0) is 30.2 Å². The Morgan fingerprint density at radius 3 is 2.53 bits per heavy atom. The summed E-state index contributed by atoms with van der Waals surface area (Å²) in [5.41, 5.74) is 1.55. The van der Waals surface area contributed by atoms with E-state index in [0.29, 0.717) is 5.89 Å². The van der Waals surface area contributed by atoms with E-state index in [1.165, 1.54) is 6.39 Å². The highest BCUT2D eigenvalue weighted by molar-refractivity contribution is 9.10. The fourth-order valence-corrected chi connectivity index (χ4v) is 1.62. The first-order valence-corrected chi connectivity index (χ1v) is 6.81. The van der Waals surface area contributed by atoms with Crippen LogP contribution in [-0.2, 0) is 4.79 Å². The lowest BCUT2D eigenvalue weighted by Crippen LogP contribution is -2.26. The third kappa shape index (κ3) is 3.41. The zero-order valence-electron chi connectivity index (χ0n) is 10.6. The number of carbonyl (C=O) groups is 1. The molecule has 2 aromatic rings. The molecular weight excluding hydrogens is 310 g/mol. The molecule has 1 N–H and O–H groups in total. The zero-order valence-corrected chi connectivity index (χ0v) is 12.2. The number of hydrogen-bond donors (Lipinski definition) is 1. The van der Waals surface area contributed by atoms with E-state index in [4.69, 9.17) is 4.42 Å². The van der Waals surface area contributed by atoms with Gasteiger partial charge < -0.3 is 9.73 Å². The SMILES string of the molecule is CC(C)C(Br)C(=O)Nc1ccc(-c2nnco2)cc1. The molecule has 1 unspecified atom stereocenters. The van der Waals surface area contributed by atoms with Crippen LogP contribution in [0.2, 0.25) is 0 Å². The molecule has 1 aromatic heterocycles. The number of nitrogens with zero attached hydrogens (tertiary/aromatic N) is 2. The average molecular weight is 324 g/mol. The number of benzene rings is 1. The van der Waals surface area contributed by atoms with Crippen LogP contribution < -0.4 is 5.32 Å². The van der Waals surface area contributed by atoms with Gasteiger partial charge in [-0.1, -0.05) is 29.8 Å². The summed E-state index contributed by atoms with van der Waals surface area (Å²) in [7, 11) is 0. The van der Waals surface area contributed by atoms with Crippen molar-refractivity contribution in [2.75, 3.05) is 5.32 Å². The van der Waals surface area contributed by atoms with E-state index in [1.54, 1.807) is 12.1 Å². The standard InChI is InChI=1S/C13H14BrN3O2/c1-8(2)11(14)12(18)16-10-5-3-9(4-6-10)13-17-15-7-19-13/h3-8,11H,1-2H3,(H,16,18). The third-order valence-corrected chi connectivity index (χ3v) is 4.07. The number of nitrogens with one attached hydrogen (secondary N) is 1. The van der Waals surface area contributed by atoms with E-state index in [-0.39, 0.29) is 16.7 Å². The molecule has 0 spiro atoms. The van der Waals surface area contributed by atoms with Crippen molar-refractivity contribution >= 4 is 27.5 Å². The van der Waals surface area contributed by atoms with Crippen LogP contribution in [0.25, 0.3) is 11.5 Å². The van der Waals surface area contributed by atoms with Gasteiger partial charge in [-0.15, -0.1) is 10.2 Å². The first-order chi connectivity index (χ1) is 9.08. The number of amides is 1. The molecule has 0 aliphatic heterocycles. The summed E-state index contributed by atoms with van der Waals surface area (Å²) in [5, 5.41) is 10.3. The first-order valence-electron chi connectivity index (χ1n) is 5.89. The molecule has 0 aliphatic rings. The third-order valence-electron chi connectivity index (χ3n) is 2.60. The van der Waals surface area contributed by atoms with Crippen molar-refractivity contribution in [2.45, 2.75) is 18.7 Å². The van der Waals surface area contributed by atoms with Gasteiger partial charge in [0.25, 0.3) is 0 Å². The number of aromatic nitrogens is 2. The molecule has 1 amide bonds. The second kappa shape index (κ2) is 5.97. The Bertz CT molecular complexity index is 538. The summed E-state index contributed by atoms with van der Waals surface area (Å²) in [4.78, 5) is 11.7. The van der Waals surface area contributed by atoms with E-state index < -0.39 is 0 Å². The number of hydrogen-bond acceptors (Lipinski definition) is 4. The minimum Gasteiger partial charge on any atom is -0.423 e. The Balaban J connectivity index is 2.05. The normalized spacial score (nSPS) is 12.4. The maximum Gasteiger partial charge on any atom is 0.247 e. The average Bonchev–Trinajstić information content (AvgIpc) is 2.92.